The average Bonchev–Trinajstić information content (AvgIpc) is 3.00. The largest absolute Gasteiger partial charge is 0.391 e. The maximum absolute atomic E-state index is 15.4. The lowest BCUT2D eigenvalue weighted by molar-refractivity contribution is -0.0782. The molecule has 5 atom stereocenters. The molecule has 0 amide bonds. The number of alkyl halides is 1. The number of aliphatic imine (C=N–C) groups is 1. The summed E-state index contributed by atoms with van der Waals surface area (Å²) >= 11 is 5.35. The van der Waals surface area contributed by atoms with Crippen molar-refractivity contribution < 1.29 is 19.3 Å². The number of fused-ring (bicyclic) bond motifs is 1. The molecule has 3 rings (SSSR count). The second-order valence-corrected chi connectivity index (χ2v) is 5.74. The maximum atomic E-state index is 15.4. The Bertz CT molecular complexity index is 783. The number of nitrogens with one attached hydrogen (secondary N) is 1. The SMILES string of the molecule is C=C1NC(N)=Nc2c1ncn2[C@@H]1OC([C@H](C)O)C(O)[C@]1(F)C#CCl. The minimum absolute atomic E-state index is 0.0488. The number of aromatic nitrogens is 2. The predicted octanol–water partition coefficient (Wildman–Crippen LogP) is -0.0497. The van der Waals surface area contributed by atoms with Crippen molar-refractivity contribution >= 4 is 29.1 Å². The van der Waals surface area contributed by atoms with Crippen LogP contribution >= 0.6 is 11.6 Å². The highest BCUT2D eigenvalue weighted by molar-refractivity contribution is 6.30. The zero-order chi connectivity index (χ0) is 17.6. The molecule has 0 bridgehead atoms. The number of nitrogens with zero attached hydrogens (tertiary/aromatic N) is 3. The van der Waals surface area contributed by atoms with Crippen molar-refractivity contribution in [2.75, 3.05) is 0 Å². The Morgan fingerprint density at radius 3 is 3.00 bits per heavy atom. The number of guanidine groups is 1. The summed E-state index contributed by atoms with van der Waals surface area (Å²) in [6.45, 7) is 5.13. The highest BCUT2D eigenvalue weighted by Gasteiger charge is 2.59. The number of rotatable bonds is 2. The quantitative estimate of drug-likeness (QED) is 0.552. The third kappa shape index (κ3) is 2.35. The zero-order valence-electron chi connectivity index (χ0n) is 12.6. The van der Waals surface area contributed by atoms with Crippen LogP contribution < -0.4 is 11.1 Å². The molecule has 8 nitrogen and oxygen atoms in total. The highest BCUT2D eigenvalue weighted by atomic mass is 35.5. The molecule has 1 saturated heterocycles. The number of ether oxygens (including phenoxy) is 1. The lowest BCUT2D eigenvalue weighted by atomic mass is 9.95. The van der Waals surface area contributed by atoms with E-state index in [1.165, 1.54) is 17.8 Å². The first-order chi connectivity index (χ1) is 11.3. The lowest BCUT2D eigenvalue weighted by Gasteiger charge is -2.25. The summed E-state index contributed by atoms with van der Waals surface area (Å²) in [4.78, 5) is 8.18. The van der Waals surface area contributed by atoms with E-state index in [-0.39, 0.29) is 11.8 Å². The Kier molecular flexibility index (Phi) is 4.01. The van der Waals surface area contributed by atoms with E-state index in [0.29, 0.717) is 11.4 Å². The molecule has 0 aliphatic carbocycles. The number of aliphatic hydroxyl groups excluding tert-OH is 2. The van der Waals surface area contributed by atoms with Crippen molar-refractivity contribution in [3.05, 3.63) is 18.6 Å². The van der Waals surface area contributed by atoms with Gasteiger partial charge < -0.3 is 26.0 Å². The van der Waals surface area contributed by atoms with Crippen molar-refractivity contribution in [1.29, 1.82) is 0 Å². The molecule has 2 aliphatic rings. The van der Waals surface area contributed by atoms with E-state index < -0.39 is 30.2 Å². The van der Waals surface area contributed by atoms with Gasteiger partial charge in [-0.1, -0.05) is 6.58 Å². The Hall–Kier alpha value is -2.12. The third-order valence-electron chi connectivity index (χ3n) is 3.91. The fraction of sp³-hybridized carbons (Fsp3) is 0.429. The van der Waals surface area contributed by atoms with E-state index in [1.807, 2.05) is 5.38 Å². The van der Waals surface area contributed by atoms with Crippen LogP contribution in [-0.2, 0) is 4.74 Å². The molecule has 2 aliphatic heterocycles. The van der Waals surface area contributed by atoms with Crippen molar-refractivity contribution in [3.8, 4) is 11.3 Å². The van der Waals surface area contributed by atoms with Gasteiger partial charge in [0.25, 0.3) is 0 Å². The third-order valence-corrected chi connectivity index (χ3v) is 4.01. The molecule has 0 radical (unpaired) electrons. The van der Waals surface area contributed by atoms with E-state index in [9.17, 15) is 10.2 Å². The first-order valence-electron chi connectivity index (χ1n) is 7.00. The summed E-state index contributed by atoms with van der Waals surface area (Å²) in [7, 11) is 0. The second kappa shape index (κ2) is 5.75. The normalized spacial score (nSPS) is 33.1. The summed E-state index contributed by atoms with van der Waals surface area (Å²) in [6.07, 6.45) is -4.23. The fourth-order valence-corrected chi connectivity index (χ4v) is 2.91. The molecule has 2 unspecified atom stereocenters. The van der Waals surface area contributed by atoms with Gasteiger partial charge in [0.2, 0.25) is 5.67 Å². The molecular formula is C14H15ClFN5O3. The van der Waals surface area contributed by atoms with Gasteiger partial charge in [0, 0.05) is 5.38 Å². The minimum atomic E-state index is -2.58. The van der Waals surface area contributed by atoms with Crippen LogP contribution in [-0.4, -0.2) is 49.7 Å². The summed E-state index contributed by atoms with van der Waals surface area (Å²) in [5, 5.41) is 24.6. The molecule has 1 fully saturated rings. The van der Waals surface area contributed by atoms with Crippen molar-refractivity contribution in [2.45, 2.75) is 37.1 Å². The van der Waals surface area contributed by atoms with E-state index in [0.717, 1.165) is 0 Å². The number of hydrogen-bond donors (Lipinski definition) is 4. The van der Waals surface area contributed by atoms with Crippen molar-refractivity contribution in [1.82, 2.24) is 14.9 Å². The smallest absolute Gasteiger partial charge is 0.244 e. The highest BCUT2D eigenvalue weighted by Crippen LogP contribution is 2.45. The number of aliphatic hydroxyl groups is 2. The molecule has 0 saturated carbocycles. The van der Waals surface area contributed by atoms with Crippen LogP contribution in [0.5, 0.6) is 0 Å². The molecule has 0 aromatic carbocycles. The predicted molar refractivity (Wildman–Crippen MR) is 84.7 cm³/mol. The zero-order valence-corrected chi connectivity index (χ0v) is 13.3. The van der Waals surface area contributed by atoms with E-state index >= 15 is 4.39 Å². The summed E-state index contributed by atoms with van der Waals surface area (Å²) in [5.74, 6) is 2.36. The van der Waals surface area contributed by atoms with Gasteiger partial charge in [0.1, 0.15) is 17.9 Å². The number of nitrogens with two attached hydrogens (primary N) is 1. The van der Waals surface area contributed by atoms with Gasteiger partial charge in [-0.25, -0.2) is 9.37 Å². The van der Waals surface area contributed by atoms with E-state index in [4.69, 9.17) is 22.1 Å². The number of hydrogen-bond acceptors (Lipinski definition) is 7. The molecule has 5 N–H and O–H groups in total. The summed E-state index contributed by atoms with van der Waals surface area (Å²) < 4.78 is 22.1. The molecule has 1 aromatic rings. The van der Waals surface area contributed by atoms with Gasteiger partial charge in [0.15, 0.2) is 18.0 Å². The molecule has 10 heteroatoms. The molecule has 128 valence electrons. The first-order valence-corrected chi connectivity index (χ1v) is 7.38. The van der Waals surface area contributed by atoms with E-state index in [1.54, 1.807) is 0 Å². The maximum Gasteiger partial charge on any atom is 0.244 e. The second-order valence-electron chi connectivity index (χ2n) is 5.55. The summed E-state index contributed by atoms with van der Waals surface area (Å²) in [6, 6.07) is 0. The van der Waals surface area contributed by atoms with Gasteiger partial charge in [-0.05, 0) is 24.4 Å². The van der Waals surface area contributed by atoms with Gasteiger partial charge >= 0.3 is 0 Å². The molecular weight excluding hydrogens is 341 g/mol. The average molecular weight is 356 g/mol. The minimum Gasteiger partial charge on any atom is -0.391 e. The summed E-state index contributed by atoms with van der Waals surface area (Å²) in [5.41, 5.74) is 3.82. The topological polar surface area (TPSA) is 118 Å². The van der Waals surface area contributed by atoms with Crippen LogP contribution in [0.4, 0.5) is 10.2 Å². The van der Waals surface area contributed by atoms with Crippen LogP contribution in [0.3, 0.4) is 0 Å². The Morgan fingerprint density at radius 1 is 1.67 bits per heavy atom. The Labute approximate surface area is 141 Å². The molecule has 3 heterocycles. The van der Waals surface area contributed by atoms with Crippen molar-refractivity contribution in [3.63, 3.8) is 0 Å². The van der Waals surface area contributed by atoms with Crippen LogP contribution in [0.25, 0.3) is 5.70 Å². The Morgan fingerprint density at radius 2 is 2.38 bits per heavy atom. The lowest BCUT2D eigenvalue weighted by Crippen LogP contribution is -2.44. The van der Waals surface area contributed by atoms with Gasteiger partial charge in [-0.15, -0.1) is 0 Å². The van der Waals surface area contributed by atoms with Crippen LogP contribution in [0.15, 0.2) is 17.9 Å². The molecule has 24 heavy (non-hydrogen) atoms. The van der Waals surface area contributed by atoms with E-state index in [2.05, 4.69) is 27.8 Å². The van der Waals surface area contributed by atoms with Crippen LogP contribution in [0.1, 0.15) is 18.8 Å². The van der Waals surface area contributed by atoms with Crippen LogP contribution in [0.2, 0.25) is 0 Å². The van der Waals surface area contributed by atoms with Gasteiger partial charge in [-0.2, -0.15) is 4.99 Å². The molecule has 1 aromatic heterocycles. The van der Waals surface area contributed by atoms with Gasteiger partial charge in [-0.3, -0.25) is 4.57 Å². The fourth-order valence-electron chi connectivity index (χ4n) is 2.77. The first kappa shape index (κ1) is 16.7. The monoisotopic (exact) mass is 355 g/mol. The van der Waals surface area contributed by atoms with Crippen molar-refractivity contribution in [2.24, 2.45) is 10.7 Å². The standard InChI is InChI=1S/C14H15ClFN5O3/c1-6-8-11(20-13(17)19-6)21(5-18-8)12-14(16,3-4-15)10(23)9(24-12)7(2)22/h5,7,9-10,12,22-23H,1H2,2H3,(H3,17,19,20)/t7-,9?,10?,12+,14+/m0/s1. The molecule has 0 spiro atoms. The number of imidazole rings is 1. The Balaban J connectivity index is 2.12. The number of halogens is 2. The van der Waals surface area contributed by atoms with Crippen LogP contribution in [0, 0.1) is 11.3 Å². The van der Waals surface area contributed by atoms with Gasteiger partial charge in [0.05, 0.1) is 18.1 Å².